The normalized spacial score (nSPS) is 15.2. The first kappa shape index (κ1) is 25.4. The minimum Gasteiger partial charge on any atom is -0.394 e. The van der Waals surface area contributed by atoms with E-state index in [0.29, 0.717) is 46.0 Å². The fourth-order valence-electron chi connectivity index (χ4n) is 3.47. The molecule has 10 heteroatoms. The van der Waals surface area contributed by atoms with E-state index in [1.54, 1.807) is 35.4 Å². The van der Waals surface area contributed by atoms with Gasteiger partial charge in [-0.2, -0.15) is 0 Å². The van der Waals surface area contributed by atoms with Gasteiger partial charge in [-0.05, 0) is 24.6 Å². The Morgan fingerprint density at radius 3 is 2.82 bits per heavy atom. The van der Waals surface area contributed by atoms with Crippen LogP contribution < -0.4 is 10.9 Å². The highest BCUT2D eigenvalue weighted by molar-refractivity contribution is 8.26. The Morgan fingerprint density at radius 1 is 1.21 bits per heavy atom. The number of anilines is 1. The zero-order chi connectivity index (χ0) is 23.6. The number of aliphatic hydroxyl groups is 1. The predicted molar refractivity (Wildman–Crippen MR) is 136 cm³/mol. The Balaban J connectivity index is 1.83. The second kappa shape index (κ2) is 12.8. The van der Waals surface area contributed by atoms with Gasteiger partial charge in [0.15, 0.2) is 0 Å². The van der Waals surface area contributed by atoms with Gasteiger partial charge in [0.25, 0.3) is 11.5 Å². The lowest BCUT2D eigenvalue weighted by molar-refractivity contribution is -0.122. The number of fused-ring (bicyclic) bond motifs is 1. The van der Waals surface area contributed by atoms with Crippen molar-refractivity contribution < 1.29 is 14.6 Å². The molecule has 1 amide bonds. The summed E-state index contributed by atoms with van der Waals surface area (Å²) < 4.78 is 7.25. The zero-order valence-corrected chi connectivity index (χ0v) is 20.4. The molecular formula is C23H30N4O4S2. The van der Waals surface area contributed by atoms with Crippen LogP contribution in [0.1, 0.15) is 44.6 Å². The van der Waals surface area contributed by atoms with E-state index in [4.69, 9.17) is 22.1 Å². The first-order chi connectivity index (χ1) is 16.1. The average Bonchev–Trinajstić information content (AvgIpc) is 3.08. The quantitative estimate of drug-likeness (QED) is 0.251. The van der Waals surface area contributed by atoms with E-state index in [1.165, 1.54) is 29.0 Å². The standard InChI is InChI=1S/C23H30N4O4S2/c1-2-3-4-5-7-12-27-22(30)18(33-23(27)32)16-17-20(24-10-14-31-15-13-28)25-19-9-6-8-11-26(19)21(17)29/h6,8-9,11,16,24,28H,2-5,7,10,12-15H2,1H3. The van der Waals surface area contributed by atoms with Crippen molar-refractivity contribution in [3.05, 3.63) is 45.2 Å². The van der Waals surface area contributed by atoms with E-state index in [1.807, 2.05) is 0 Å². The second-order valence-electron chi connectivity index (χ2n) is 7.62. The number of ether oxygens (including phenoxy) is 1. The van der Waals surface area contributed by atoms with E-state index >= 15 is 0 Å². The molecule has 33 heavy (non-hydrogen) atoms. The molecule has 2 aromatic rings. The van der Waals surface area contributed by atoms with E-state index in [-0.39, 0.29) is 24.7 Å². The van der Waals surface area contributed by atoms with Crippen LogP contribution in [0.2, 0.25) is 0 Å². The maximum atomic E-state index is 13.2. The van der Waals surface area contributed by atoms with Crippen LogP contribution in [0.4, 0.5) is 5.82 Å². The van der Waals surface area contributed by atoms with Crippen LogP contribution in [0.25, 0.3) is 11.7 Å². The van der Waals surface area contributed by atoms with E-state index in [9.17, 15) is 9.59 Å². The third kappa shape index (κ3) is 6.63. The molecule has 8 nitrogen and oxygen atoms in total. The molecule has 0 radical (unpaired) electrons. The van der Waals surface area contributed by atoms with Gasteiger partial charge in [-0.15, -0.1) is 0 Å². The predicted octanol–water partition coefficient (Wildman–Crippen LogP) is 3.29. The Kier molecular flexibility index (Phi) is 9.86. The third-order valence-corrected chi connectivity index (χ3v) is 6.56. The van der Waals surface area contributed by atoms with Gasteiger partial charge >= 0.3 is 0 Å². The highest BCUT2D eigenvalue weighted by Crippen LogP contribution is 2.33. The minimum absolute atomic E-state index is 0.0543. The van der Waals surface area contributed by atoms with Gasteiger partial charge < -0.3 is 15.2 Å². The molecule has 1 saturated heterocycles. The van der Waals surface area contributed by atoms with Crippen molar-refractivity contribution in [1.82, 2.24) is 14.3 Å². The molecular weight excluding hydrogens is 460 g/mol. The average molecular weight is 491 g/mol. The van der Waals surface area contributed by atoms with Crippen LogP contribution in [0.5, 0.6) is 0 Å². The van der Waals surface area contributed by atoms with Crippen molar-refractivity contribution in [2.24, 2.45) is 0 Å². The number of aliphatic hydroxyl groups excluding tert-OH is 1. The van der Waals surface area contributed by atoms with Gasteiger partial charge in [0.2, 0.25) is 0 Å². The van der Waals surface area contributed by atoms with Crippen LogP contribution in [0.15, 0.2) is 34.1 Å². The van der Waals surface area contributed by atoms with Gasteiger partial charge in [-0.1, -0.05) is 62.7 Å². The Labute approximate surface area is 203 Å². The molecule has 0 aromatic carbocycles. The maximum Gasteiger partial charge on any atom is 0.267 e. The lowest BCUT2D eigenvalue weighted by Gasteiger charge is -2.14. The number of thioether (sulfide) groups is 1. The van der Waals surface area contributed by atoms with Gasteiger partial charge in [-0.3, -0.25) is 18.9 Å². The summed E-state index contributed by atoms with van der Waals surface area (Å²) in [6.07, 6.45) is 8.71. The summed E-state index contributed by atoms with van der Waals surface area (Å²) in [5.74, 6) is 0.207. The van der Waals surface area contributed by atoms with Gasteiger partial charge in [0, 0.05) is 19.3 Å². The summed E-state index contributed by atoms with van der Waals surface area (Å²) in [7, 11) is 0. The smallest absolute Gasteiger partial charge is 0.267 e. The van der Waals surface area contributed by atoms with Gasteiger partial charge in [-0.25, -0.2) is 4.98 Å². The fraction of sp³-hybridized carbons (Fsp3) is 0.478. The van der Waals surface area contributed by atoms with Crippen LogP contribution in [0.3, 0.4) is 0 Å². The lowest BCUT2D eigenvalue weighted by Crippen LogP contribution is -2.29. The summed E-state index contributed by atoms with van der Waals surface area (Å²) in [5.41, 5.74) is 0.520. The molecule has 0 saturated carbocycles. The van der Waals surface area contributed by atoms with Crippen molar-refractivity contribution in [2.75, 3.05) is 38.2 Å². The number of carbonyl (C=O) groups excluding carboxylic acids is 1. The molecule has 0 bridgehead atoms. The highest BCUT2D eigenvalue weighted by Gasteiger charge is 2.32. The van der Waals surface area contributed by atoms with Crippen LogP contribution in [-0.4, -0.2) is 62.5 Å². The summed E-state index contributed by atoms with van der Waals surface area (Å²) in [4.78, 5) is 32.9. The van der Waals surface area contributed by atoms with Crippen molar-refractivity contribution in [3.63, 3.8) is 0 Å². The number of carbonyl (C=O) groups is 1. The summed E-state index contributed by atoms with van der Waals surface area (Å²) in [6.45, 7) is 3.69. The number of nitrogens with zero attached hydrogens (tertiary/aromatic N) is 3. The van der Waals surface area contributed by atoms with Crippen molar-refractivity contribution in [3.8, 4) is 0 Å². The molecule has 3 heterocycles. The number of thiocarbonyl (C=S) groups is 1. The minimum atomic E-state index is -0.274. The maximum absolute atomic E-state index is 13.2. The molecule has 0 aliphatic carbocycles. The van der Waals surface area contributed by atoms with Crippen molar-refractivity contribution >= 4 is 51.7 Å². The molecule has 0 atom stereocenters. The summed E-state index contributed by atoms with van der Waals surface area (Å²) in [5, 5.41) is 12.0. The van der Waals surface area contributed by atoms with E-state index < -0.39 is 0 Å². The monoisotopic (exact) mass is 490 g/mol. The summed E-state index contributed by atoms with van der Waals surface area (Å²) in [6, 6.07) is 5.31. The molecule has 1 aliphatic heterocycles. The number of amides is 1. The molecule has 1 aliphatic rings. The Morgan fingerprint density at radius 2 is 2.03 bits per heavy atom. The number of nitrogens with one attached hydrogen (secondary N) is 1. The molecule has 0 unspecified atom stereocenters. The molecule has 178 valence electrons. The van der Waals surface area contributed by atoms with Crippen LogP contribution in [-0.2, 0) is 9.53 Å². The molecule has 2 aromatic heterocycles. The fourth-order valence-corrected chi connectivity index (χ4v) is 4.76. The van der Waals surface area contributed by atoms with E-state index in [0.717, 1.165) is 19.3 Å². The van der Waals surface area contributed by atoms with Crippen molar-refractivity contribution in [2.45, 2.75) is 39.0 Å². The van der Waals surface area contributed by atoms with E-state index in [2.05, 4.69) is 17.2 Å². The van der Waals surface area contributed by atoms with Gasteiger partial charge in [0.05, 0.1) is 30.3 Å². The number of unbranched alkanes of at least 4 members (excludes halogenated alkanes) is 4. The number of rotatable bonds is 13. The van der Waals surface area contributed by atoms with Crippen molar-refractivity contribution in [1.29, 1.82) is 0 Å². The largest absolute Gasteiger partial charge is 0.394 e. The van der Waals surface area contributed by atoms with Gasteiger partial charge in [0.1, 0.15) is 15.8 Å². The lowest BCUT2D eigenvalue weighted by atomic mass is 10.1. The number of hydrogen-bond donors (Lipinski definition) is 2. The van der Waals surface area contributed by atoms with Crippen LogP contribution in [0, 0.1) is 0 Å². The molecule has 0 spiro atoms. The molecule has 2 N–H and O–H groups in total. The summed E-state index contributed by atoms with van der Waals surface area (Å²) >= 11 is 6.66. The first-order valence-corrected chi connectivity index (χ1v) is 12.5. The first-order valence-electron chi connectivity index (χ1n) is 11.3. The Bertz CT molecular complexity index is 1070. The number of pyridine rings is 1. The number of hydrogen-bond acceptors (Lipinski definition) is 8. The SMILES string of the molecule is CCCCCCCN1C(=O)C(=Cc2c(NCCOCCO)nc3ccccn3c2=O)SC1=S. The zero-order valence-electron chi connectivity index (χ0n) is 18.8. The molecule has 1 fully saturated rings. The van der Waals surface area contributed by atoms with Crippen LogP contribution >= 0.6 is 24.0 Å². The second-order valence-corrected chi connectivity index (χ2v) is 9.29. The highest BCUT2D eigenvalue weighted by atomic mass is 32.2. The Hall–Kier alpha value is -2.27. The topological polar surface area (TPSA) is 96.2 Å². The third-order valence-electron chi connectivity index (χ3n) is 5.18. The molecule has 3 rings (SSSR count). The number of aromatic nitrogens is 2.